The normalized spacial score (nSPS) is 14.1. The first-order chi connectivity index (χ1) is 12.2. The Labute approximate surface area is 147 Å². The van der Waals surface area contributed by atoms with Gasteiger partial charge in [0.05, 0.1) is 0 Å². The number of benzene rings is 2. The molecule has 0 aliphatic carbocycles. The third kappa shape index (κ3) is 4.32. The second-order valence-corrected chi connectivity index (χ2v) is 6.06. The van der Waals surface area contributed by atoms with Crippen LogP contribution in [0.4, 0.5) is 10.1 Å². The molecule has 4 nitrogen and oxygen atoms in total. The van der Waals surface area contributed by atoms with Crippen molar-refractivity contribution in [3.05, 3.63) is 71.0 Å². The van der Waals surface area contributed by atoms with E-state index in [0.717, 1.165) is 37.2 Å². The van der Waals surface area contributed by atoms with Crippen LogP contribution in [-0.2, 0) is 6.54 Å². The van der Waals surface area contributed by atoms with E-state index >= 15 is 0 Å². The van der Waals surface area contributed by atoms with Crippen LogP contribution in [0.3, 0.4) is 0 Å². The molecule has 25 heavy (non-hydrogen) atoms. The lowest BCUT2D eigenvalue weighted by Gasteiger charge is -2.15. The van der Waals surface area contributed by atoms with Crippen molar-refractivity contribution in [1.29, 1.82) is 0 Å². The van der Waals surface area contributed by atoms with E-state index in [0.29, 0.717) is 16.8 Å². The summed E-state index contributed by atoms with van der Waals surface area (Å²) in [6.07, 6.45) is 2.79. The van der Waals surface area contributed by atoms with Crippen LogP contribution in [0, 0.1) is 5.82 Å². The molecule has 3 rings (SSSR count). The molecular weight excluding hydrogens is 317 g/mol. The van der Waals surface area contributed by atoms with Gasteiger partial charge in [-0.3, -0.25) is 4.79 Å². The van der Waals surface area contributed by atoms with Crippen molar-refractivity contribution in [2.45, 2.75) is 13.0 Å². The highest BCUT2D eigenvalue weighted by Gasteiger charge is 2.14. The van der Waals surface area contributed by atoms with E-state index in [1.807, 2.05) is 37.4 Å². The van der Waals surface area contributed by atoms with E-state index in [1.54, 1.807) is 12.1 Å². The standard InChI is InChI=1S/C20H22FN3O/c1-22-13-14-2-5-17(6-3-14)24-20(25)16-4-7-18(19(21)12-16)15-8-10-23-11-9-15/h2-8,12,22-23H,9-11,13H2,1H3,(H,24,25). The van der Waals surface area contributed by atoms with Crippen molar-refractivity contribution in [3.8, 4) is 0 Å². The van der Waals surface area contributed by atoms with Crippen LogP contribution >= 0.6 is 0 Å². The number of hydrogen-bond donors (Lipinski definition) is 3. The van der Waals surface area contributed by atoms with E-state index in [4.69, 9.17) is 0 Å². The first-order valence-corrected chi connectivity index (χ1v) is 8.42. The molecule has 1 heterocycles. The van der Waals surface area contributed by atoms with Crippen LogP contribution in [0.2, 0.25) is 0 Å². The molecule has 0 atom stereocenters. The highest BCUT2D eigenvalue weighted by atomic mass is 19.1. The van der Waals surface area contributed by atoms with Gasteiger partial charge in [-0.2, -0.15) is 0 Å². The number of carbonyl (C=O) groups is 1. The summed E-state index contributed by atoms with van der Waals surface area (Å²) in [5.41, 5.74) is 3.70. The first kappa shape index (κ1) is 17.3. The molecule has 0 saturated carbocycles. The van der Waals surface area contributed by atoms with Gasteiger partial charge < -0.3 is 16.0 Å². The number of rotatable bonds is 5. The van der Waals surface area contributed by atoms with Crippen molar-refractivity contribution in [1.82, 2.24) is 10.6 Å². The third-order valence-electron chi connectivity index (χ3n) is 4.23. The molecule has 5 heteroatoms. The van der Waals surface area contributed by atoms with Crippen LogP contribution in [-0.4, -0.2) is 26.0 Å². The van der Waals surface area contributed by atoms with Gasteiger partial charge in [0.2, 0.25) is 0 Å². The molecule has 2 aromatic rings. The third-order valence-corrected chi connectivity index (χ3v) is 4.23. The Bertz CT molecular complexity index is 784. The molecule has 0 radical (unpaired) electrons. The van der Waals surface area contributed by atoms with Crippen molar-refractivity contribution >= 4 is 17.2 Å². The quantitative estimate of drug-likeness (QED) is 0.784. The topological polar surface area (TPSA) is 53.2 Å². The van der Waals surface area contributed by atoms with Gasteiger partial charge in [0.15, 0.2) is 0 Å². The molecule has 2 aromatic carbocycles. The minimum atomic E-state index is -0.356. The van der Waals surface area contributed by atoms with Crippen LogP contribution in [0.5, 0.6) is 0 Å². The molecule has 0 saturated heterocycles. The molecular formula is C20H22FN3O. The Hall–Kier alpha value is -2.50. The van der Waals surface area contributed by atoms with E-state index < -0.39 is 0 Å². The zero-order chi connectivity index (χ0) is 17.6. The molecule has 3 N–H and O–H groups in total. The fourth-order valence-electron chi connectivity index (χ4n) is 2.90. The van der Waals surface area contributed by atoms with Crippen molar-refractivity contribution in [2.75, 3.05) is 25.5 Å². The second-order valence-electron chi connectivity index (χ2n) is 6.06. The van der Waals surface area contributed by atoms with E-state index in [-0.39, 0.29) is 11.7 Å². The zero-order valence-electron chi connectivity index (χ0n) is 14.2. The van der Waals surface area contributed by atoms with E-state index in [1.165, 1.54) is 6.07 Å². The maximum Gasteiger partial charge on any atom is 0.255 e. The maximum absolute atomic E-state index is 14.4. The summed E-state index contributed by atoms with van der Waals surface area (Å²) in [5.74, 6) is -0.670. The molecule has 0 aromatic heterocycles. The van der Waals surface area contributed by atoms with Gasteiger partial charge in [-0.05, 0) is 55.4 Å². The monoisotopic (exact) mass is 339 g/mol. The summed E-state index contributed by atoms with van der Waals surface area (Å²) in [6, 6.07) is 12.2. The fraction of sp³-hybridized carbons (Fsp3) is 0.250. The molecule has 0 spiro atoms. The van der Waals surface area contributed by atoms with Gasteiger partial charge in [0.25, 0.3) is 5.91 Å². The number of nitrogens with one attached hydrogen (secondary N) is 3. The summed E-state index contributed by atoms with van der Waals surface area (Å²) in [7, 11) is 1.88. The Morgan fingerprint density at radius 2 is 2.00 bits per heavy atom. The lowest BCUT2D eigenvalue weighted by molar-refractivity contribution is 0.102. The number of anilines is 1. The minimum Gasteiger partial charge on any atom is -0.322 e. The molecule has 1 amide bonds. The number of carbonyl (C=O) groups excluding carboxylic acids is 1. The average molecular weight is 339 g/mol. The van der Waals surface area contributed by atoms with Gasteiger partial charge in [-0.25, -0.2) is 4.39 Å². The summed E-state index contributed by atoms with van der Waals surface area (Å²) in [6.45, 7) is 2.36. The van der Waals surface area contributed by atoms with Crippen LogP contribution in [0.15, 0.2) is 48.5 Å². The summed E-state index contributed by atoms with van der Waals surface area (Å²) in [5, 5.41) is 9.08. The minimum absolute atomic E-state index is 0.314. The predicted molar refractivity (Wildman–Crippen MR) is 99.0 cm³/mol. The average Bonchev–Trinajstić information content (AvgIpc) is 2.64. The summed E-state index contributed by atoms with van der Waals surface area (Å²) >= 11 is 0. The highest BCUT2D eigenvalue weighted by molar-refractivity contribution is 6.04. The fourth-order valence-corrected chi connectivity index (χ4v) is 2.90. The van der Waals surface area contributed by atoms with E-state index in [9.17, 15) is 9.18 Å². The van der Waals surface area contributed by atoms with Gasteiger partial charge in [-0.1, -0.05) is 24.3 Å². The van der Waals surface area contributed by atoms with Crippen molar-refractivity contribution in [2.24, 2.45) is 0 Å². The number of hydrogen-bond acceptors (Lipinski definition) is 3. The van der Waals surface area contributed by atoms with E-state index in [2.05, 4.69) is 16.0 Å². The van der Waals surface area contributed by atoms with Crippen LogP contribution in [0.1, 0.15) is 27.9 Å². The highest BCUT2D eigenvalue weighted by Crippen LogP contribution is 2.24. The lowest BCUT2D eigenvalue weighted by Crippen LogP contribution is -2.20. The molecule has 130 valence electrons. The Kier molecular flexibility index (Phi) is 5.58. The molecule has 1 aliphatic rings. The van der Waals surface area contributed by atoms with Crippen molar-refractivity contribution in [3.63, 3.8) is 0 Å². The second kappa shape index (κ2) is 8.05. The SMILES string of the molecule is CNCc1ccc(NC(=O)c2ccc(C3=CCNCC3)c(F)c2)cc1. The predicted octanol–water partition coefficient (Wildman–Crippen LogP) is 3.17. The molecule has 1 aliphatic heterocycles. The number of amides is 1. The number of halogens is 1. The van der Waals surface area contributed by atoms with Crippen LogP contribution < -0.4 is 16.0 Å². The lowest BCUT2D eigenvalue weighted by atomic mass is 9.98. The Balaban J connectivity index is 1.71. The zero-order valence-corrected chi connectivity index (χ0v) is 14.2. The van der Waals surface area contributed by atoms with Gasteiger partial charge >= 0.3 is 0 Å². The maximum atomic E-state index is 14.4. The molecule has 0 fully saturated rings. The smallest absolute Gasteiger partial charge is 0.255 e. The van der Waals surface area contributed by atoms with Gasteiger partial charge in [0.1, 0.15) is 5.82 Å². The summed E-state index contributed by atoms with van der Waals surface area (Å²) in [4.78, 5) is 12.3. The first-order valence-electron chi connectivity index (χ1n) is 8.42. The van der Waals surface area contributed by atoms with Gasteiger partial charge in [-0.15, -0.1) is 0 Å². The Morgan fingerprint density at radius 3 is 2.64 bits per heavy atom. The molecule has 0 bridgehead atoms. The van der Waals surface area contributed by atoms with Gasteiger partial charge in [0, 0.05) is 29.9 Å². The van der Waals surface area contributed by atoms with Crippen LogP contribution in [0.25, 0.3) is 5.57 Å². The summed E-state index contributed by atoms with van der Waals surface area (Å²) < 4.78 is 14.4. The molecule has 0 unspecified atom stereocenters. The Morgan fingerprint density at radius 1 is 1.20 bits per heavy atom. The largest absolute Gasteiger partial charge is 0.322 e. The van der Waals surface area contributed by atoms with Crippen molar-refractivity contribution < 1.29 is 9.18 Å².